The average Bonchev–Trinajstić information content (AvgIpc) is 2.99. The van der Waals surface area contributed by atoms with E-state index in [1.165, 1.54) is 12.8 Å². The molecule has 5 nitrogen and oxygen atoms in total. The van der Waals surface area contributed by atoms with E-state index in [9.17, 15) is 0 Å². The van der Waals surface area contributed by atoms with Crippen molar-refractivity contribution in [2.24, 2.45) is 16.8 Å². The summed E-state index contributed by atoms with van der Waals surface area (Å²) >= 11 is 0. The summed E-state index contributed by atoms with van der Waals surface area (Å²) in [6, 6.07) is 0. The highest BCUT2D eigenvalue weighted by atomic mass is 16.5. The molecule has 1 saturated carbocycles. The van der Waals surface area contributed by atoms with Crippen LogP contribution < -0.4 is 16.6 Å². The lowest BCUT2D eigenvalue weighted by molar-refractivity contribution is 0.207. The van der Waals surface area contributed by atoms with E-state index in [-0.39, 0.29) is 5.54 Å². The molecule has 0 amide bonds. The van der Waals surface area contributed by atoms with Crippen LogP contribution in [0.2, 0.25) is 0 Å². The van der Waals surface area contributed by atoms with E-state index in [1.54, 1.807) is 7.11 Å². The van der Waals surface area contributed by atoms with Gasteiger partial charge in [0.2, 0.25) is 5.96 Å². The quantitative estimate of drug-likeness (QED) is 0.201. The monoisotopic (exact) mass is 214 g/mol. The van der Waals surface area contributed by atoms with Gasteiger partial charge in [-0.15, -0.1) is 0 Å². The molecular weight excluding hydrogens is 192 g/mol. The number of nitrogens with one attached hydrogen (secondary N) is 2. The van der Waals surface area contributed by atoms with Gasteiger partial charge >= 0.3 is 0 Å². The lowest BCUT2D eigenvalue weighted by atomic mass is 9.99. The molecule has 15 heavy (non-hydrogen) atoms. The van der Waals surface area contributed by atoms with Crippen LogP contribution >= 0.6 is 0 Å². The molecule has 0 spiro atoms. The number of guanidine groups is 1. The Morgan fingerprint density at radius 1 is 1.53 bits per heavy atom. The summed E-state index contributed by atoms with van der Waals surface area (Å²) in [6.07, 6.45) is 2.58. The standard InChI is InChI=1S/C10H22N4O/c1-10(2,8-4-5-8)13-9(14-11)12-6-7-15-3/h8H,4-7,11H2,1-3H3,(H2,12,13,14). The molecule has 0 heterocycles. The van der Waals surface area contributed by atoms with E-state index in [0.717, 1.165) is 5.92 Å². The van der Waals surface area contributed by atoms with Gasteiger partial charge in [-0.1, -0.05) is 0 Å². The summed E-state index contributed by atoms with van der Waals surface area (Å²) in [5.41, 5.74) is 2.65. The van der Waals surface area contributed by atoms with Crippen molar-refractivity contribution >= 4 is 5.96 Å². The van der Waals surface area contributed by atoms with Gasteiger partial charge in [-0.05, 0) is 32.6 Å². The molecule has 1 aliphatic carbocycles. The normalized spacial score (nSPS) is 17.7. The number of hydrazine groups is 1. The highest BCUT2D eigenvalue weighted by molar-refractivity contribution is 5.80. The number of rotatable bonds is 5. The number of aliphatic imine (C=N–C) groups is 1. The molecule has 0 aliphatic heterocycles. The SMILES string of the molecule is COCCN=C(NN)NC(C)(C)C1CC1. The molecule has 0 radical (unpaired) electrons. The number of methoxy groups -OCH3 is 1. The molecule has 1 rings (SSSR count). The van der Waals surface area contributed by atoms with Crippen LogP contribution in [-0.2, 0) is 4.74 Å². The van der Waals surface area contributed by atoms with E-state index >= 15 is 0 Å². The van der Waals surface area contributed by atoms with Crippen molar-refractivity contribution in [2.75, 3.05) is 20.3 Å². The second-order valence-electron chi connectivity index (χ2n) is 4.49. The van der Waals surface area contributed by atoms with Crippen molar-refractivity contribution in [3.05, 3.63) is 0 Å². The third-order valence-corrected chi connectivity index (χ3v) is 2.74. The van der Waals surface area contributed by atoms with Gasteiger partial charge in [0.15, 0.2) is 0 Å². The second-order valence-corrected chi connectivity index (χ2v) is 4.49. The van der Waals surface area contributed by atoms with Crippen LogP contribution in [0.3, 0.4) is 0 Å². The van der Waals surface area contributed by atoms with Crippen LogP contribution in [-0.4, -0.2) is 31.8 Å². The predicted molar refractivity (Wildman–Crippen MR) is 61.4 cm³/mol. The fourth-order valence-corrected chi connectivity index (χ4v) is 1.58. The maximum absolute atomic E-state index is 5.40. The second kappa shape index (κ2) is 5.32. The number of nitrogens with two attached hydrogens (primary N) is 1. The van der Waals surface area contributed by atoms with Gasteiger partial charge in [-0.25, -0.2) is 10.8 Å². The van der Waals surface area contributed by atoms with Crippen molar-refractivity contribution in [2.45, 2.75) is 32.2 Å². The Labute approximate surface area is 91.4 Å². The molecule has 5 heteroatoms. The van der Waals surface area contributed by atoms with E-state index < -0.39 is 0 Å². The molecule has 88 valence electrons. The summed E-state index contributed by atoms with van der Waals surface area (Å²) in [5, 5.41) is 3.32. The van der Waals surface area contributed by atoms with Gasteiger partial charge in [0.25, 0.3) is 0 Å². The zero-order valence-electron chi connectivity index (χ0n) is 9.84. The molecule has 1 fully saturated rings. The average molecular weight is 214 g/mol. The van der Waals surface area contributed by atoms with Crippen LogP contribution in [0.15, 0.2) is 4.99 Å². The number of nitrogens with zero attached hydrogens (tertiary/aromatic N) is 1. The smallest absolute Gasteiger partial charge is 0.206 e. The van der Waals surface area contributed by atoms with Crippen LogP contribution in [0.5, 0.6) is 0 Å². The summed E-state index contributed by atoms with van der Waals surface area (Å²) < 4.78 is 4.92. The van der Waals surface area contributed by atoms with Crippen molar-refractivity contribution < 1.29 is 4.74 Å². The molecule has 0 aromatic carbocycles. The molecule has 0 aromatic heterocycles. The van der Waals surface area contributed by atoms with Gasteiger partial charge < -0.3 is 10.1 Å². The summed E-state index contributed by atoms with van der Waals surface area (Å²) in [7, 11) is 1.66. The van der Waals surface area contributed by atoms with E-state index in [2.05, 4.69) is 29.6 Å². The minimum atomic E-state index is 0.0677. The summed E-state index contributed by atoms with van der Waals surface area (Å²) in [6.45, 7) is 5.57. The molecule has 0 aromatic rings. The van der Waals surface area contributed by atoms with Crippen molar-refractivity contribution in [3.63, 3.8) is 0 Å². The predicted octanol–water partition coefficient (Wildman–Crippen LogP) is 0.230. The van der Waals surface area contributed by atoms with Gasteiger partial charge in [0.05, 0.1) is 13.2 Å². The van der Waals surface area contributed by atoms with E-state index in [4.69, 9.17) is 10.6 Å². The Balaban J connectivity index is 2.40. The lowest BCUT2D eigenvalue weighted by Crippen LogP contribution is -2.52. The molecule has 1 aliphatic rings. The largest absolute Gasteiger partial charge is 0.383 e. The summed E-state index contributed by atoms with van der Waals surface area (Å²) in [4.78, 5) is 4.27. The van der Waals surface area contributed by atoms with Crippen molar-refractivity contribution in [1.29, 1.82) is 0 Å². The Hall–Kier alpha value is -0.810. The minimum Gasteiger partial charge on any atom is -0.383 e. The Kier molecular flexibility index (Phi) is 4.35. The summed E-state index contributed by atoms with van der Waals surface area (Å²) in [5.74, 6) is 6.78. The number of hydrogen-bond acceptors (Lipinski definition) is 3. The Morgan fingerprint density at radius 2 is 2.20 bits per heavy atom. The molecule has 0 unspecified atom stereocenters. The maximum Gasteiger partial charge on any atom is 0.206 e. The lowest BCUT2D eigenvalue weighted by Gasteiger charge is -2.27. The Bertz CT molecular complexity index is 223. The van der Waals surface area contributed by atoms with E-state index in [1.807, 2.05) is 0 Å². The highest BCUT2D eigenvalue weighted by Crippen LogP contribution is 2.38. The van der Waals surface area contributed by atoms with Gasteiger partial charge in [-0.3, -0.25) is 5.43 Å². The van der Waals surface area contributed by atoms with Crippen LogP contribution in [0, 0.1) is 5.92 Å². The molecule has 0 bridgehead atoms. The van der Waals surface area contributed by atoms with Crippen LogP contribution in [0.25, 0.3) is 0 Å². The first-order chi connectivity index (χ1) is 7.10. The third kappa shape index (κ3) is 4.05. The minimum absolute atomic E-state index is 0.0677. The highest BCUT2D eigenvalue weighted by Gasteiger charge is 2.38. The topological polar surface area (TPSA) is 71.7 Å². The van der Waals surface area contributed by atoms with Crippen molar-refractivity contribution in [3.8, 4) is 0 Å². The fourth-order valence-electron chi connectivity index (χ4n) is 1.58. The van der Waals surface area contributed by atoms with Crippen LogP contribution in [0.1, 0.15) is 26.7 Å². The number of hydrogen-bond donors (Lipinski definition) is 3. The number of ether oxygens (including phenoxy) is 1. The van der Waals surface area contributed by atoms with Gasteiger partial charge in [0.1, 0.15) is 0 Å². The molecule has 0 atom stereocenters. The first-order valence-electron chi connectivity index (χ1n) is 5.38. The Morgan fingerprint density at radius 3 is 2.67 bits per heavy atom. The van der Waals surface area contributed by atoms with Crippen molar-refractivity contribution in [1.82, 2.24) is 10.7 Å². The van der Waals surface area contributed by atoms with Gasteiger partial charge in [-0.2, -0.15) is 0 Å². The van der Waals surface area contributed by atoms with E-state index in [0.29, 0.717) is 19.1 Å². The zero-order chi connectivity index (χ0) is 11.3. The fraction of sp³-hybridized carbons (Fsp3) is 0.900. The zero-order valence-corrected chi connectivity index (χ0v) is 9.84. The first-order valence-corrected chi connectivity index (χ1v) is 5.38. The third-order valence-electron chi connectivity index (χ3n) is 2.74. The molecular formula is C10H22N4O. The maximum atomic E-state index is 5.40. The van der Waals surface area contributed by atoms with Crippen LogP contribution in [0.4, 0.5) is 0 Å². The molecule has 4 N–H and O–H groups in total. The molecule has 0 saturated heterocycles. The first kappa shape index (κ1) is 12.3. The van der Waals surface area contributed by atoms with Gasteiger partial charge in [0, 0.05) is 12.6 Å².